The van der Waals surface area contributed by atoms with Crippen molar-refractivity contribution in [3.8, 4) is 0 Å². The predicted octanol–water partition coefficient (Wildman–Crippen LogP) is 3.09. The van der Waals surface area contributed by atoms with Gasteiger partial charge in [-0.05, 0) is 37.5 Å². The molecule has 2 atom stereocenters. The van der Waals surface area contributed by atoms with E-state index in [-0.39, 0.29) is 11.5 Å². The molecule has 0 aromatic heterocycles. The van der Waals surface area contributed by atoms with E-state index in [0.717, 1.165) is 44.4 Å². The van der Waals surface area contributed by atoms with Crippen LogP contribution < -0.4 is 5.32 Å². The van der Waals surface area contributed by atoms with Crippen molar-refractivity contribution in [3.05, 3.63) is 34.9 Å². The lowest BCUT2D eigenvalue weighted by molar-refractivity contribution is 0.0168. The van der Waals surface area contributed by atoms with Crippen molar-refractivity contribution in [1.82, 2.24) is 10.2 Å². The molecule has 1 aromatic carbocycles. The fourth-order valence-electron chi connectivity index (χ4n) is 4.27. The number of hydrogen-bond donors (Lipinski definition) is 1. The summed E-state index contributed by atoms with van der Waals surface area (Å²) in [7, 11) is 1.82. The van der Waals surface area contributed by atoms with Gasteiger partial charge in [0.1, 0.15) is 0 Å². The molecule has 1 aliphatic heterocycles. The van der Waals surface area contributed by atoms with Gasteiger partial charge < -0.3 is 14.8 Å². The number of halogens is 1. The number of nitrogens with one attached hydrogen (secondary N) is 1. The highest BCUT2D eigenvalue weighted by molar-refractivity contribution is 6.30. The van der Waals surface area contributed by atoms with Gasteiger partial charge in [-0.15, -0.1) is 0 Å². The average Bonchev–Trinajstić information content (AvgIpc) is 2.61. The molecule has 140 valence electrons. The Morgan fingerprint density at radius 2 is 1.92 bits per heavy atom. The van der Waals surface area contributed by atoms with Crippen molar-refractivity contribution in [3.63, 3.8) is 0 Å². The second-order valence-electron chi connectivity index (χ2n) is 7.34. The van der Waals surface area contributed by atoms with Crippen molar-refractivity contribution in [2.24, 2.45) is 0 Å². The highest BCUT2D eigenvalue weighted by Crippen LogP contribution is 2.47. The normalized spacial score (nSPS) is 23.0. The summed E-state index contributed by atoms with van der Waals surface area (Å²) in [5, 5.41) is 4.63. The monoisotopic (exact) mass is 366 g/mol. The van der Waals surface area contributed by atoms with E-state index in [0.29, 0.717) is 6.04 Å². The quantitative estimate of drug-likeness (QED) is 0.766. The summed E-state index contributed by atoms with van der Waals surface area (Å²) < 4.78 is 11.2. The van der Waals surface area contributed by atoms with E-state index >= 15 is 0 Å². The van der Waals surface area contributed by atoms with Crippen LogP contribution in [-0.4, -0.2) is 63.5 Å². The molecule has 4 nitrogen and oxygen atoms in total. The lowest BCUT2D eigenvalue weighted by Gasteiger charge is -2.50. The molecule has 2 aliphatic rings. The molecule has 3 rings (SSSR count). The number of nitrogens with zero attached hydrogens (tertiary/aromatic N) is 1. The third-order valence-electron chi connectivity index (χ3n) is 6.00. The molecule has 1 saturated heterocycles. The fourth-order valence-corrected chi connectivity index (χ4v) is 4.39. The summed E-state index contributed by atoms with van der Waals surface area (Å²) in [4.78, 5) is 2.47. The number of morpholine rings is 1. The van der Waals surface area contributed by atoms with E-state index in [1.54, 1.807) is 0 Å². The zero-order valence-electron chi connectivity index (χ0n) is 15.5. The zero-order valence-corrected chi connectivity index (χ0v) is 16.2. The molecule has 0 radical (unpaired) electrons. The Kier molecular flexibility index (Phi) is 6.75. The first-order valence-corrected chi connectivity index (χ1v) is 9.86. The third kappa shape index (κ3) is 4.37. The van der Waals surface area contributed by atoms with Crippen LogP contribution in [0.3, 0.4) is 0 Å². The zero-order chi connectivity index (χ0) is 17.7. The topological polar surface area (TPSA) is 33.7 Å². The van der Waals surface area contributed by atoms with Crippen LogP contribution in [0.5, 0.6) is 0 Å². The molecular formula is C20H31ClN2O2. The van der Waals surface area contributed by atoms with Gasteiger partial charge in [0.2, 0.25) is 0 Å². The molecule has 1 saturated carbocycles. The molecule has 25 heavy (non-hydrogen) atoms. The number of methoxy groups -OCH3 is 1. The predicted molar refractivity (Wildman–Crippen MR) is 103 cm³/mol. The summed E-state index contributed by atoms with van der Waals surface area (Å²) in [6, 6.07) is 8.73. The summed E-state index contributed by atoms with van der Waals surface area (Å²) in [6.45, 7) is 8.01. The van der Waals surface area contributed by atoms with Crippen LogP contribution in [-0.2, 0) is 14.9 Å². The minimum absolute atomic E-state index is 0.158. The Bertz CT molecular complexity index is 527. The highest BCUT2D eigenvalue weighted by Gasteiger charge is 2.47. The highest BCUT2D eigenvalue weighted by atomic mass is 35.5. The van der Waals surface area contributed by atoms with Gasteiger partial charge in [0.05, 0.1) is 19.3 Å². The standard InChI is InChI=1S/C20H31ClN2O2/c1-16(24-2)19(22-10-11-23-12-14-25-15-13-23)20(8-3-9-20)17-4-6-18(21)7-5-17/h4-7,16,19,22H,3,8-15H2,1-2H3. The van der Waals surface area contributed by atoms with E-state index in [9.17, 15) is 0 Å². The Balaban J connectivity index is 1.68. The van der Waals surface area contributed by atoms with Gasteiger partial charge in [0, 0.05) is 49.8 Å². The van der Waals surface area contributed by atoms with E-state index in [2.05, 4.69) is 29.3 Å². The van der Waals surface area contributed by atoms with Gasteiger partial charge in [0.25, 0.3) is 0 Å². The fraction of sp³-hybridized carbons (Fsp3) is 0.700. The molecule has 2 unspecified atom stereocenters. The molecule has 1 aromatic rings. The second-order valence-corrected chi connectivity index (χ2v) is 7.78. The van der Waals surface area contributed by atoms with Crippen LogP contribution in [0, 0.1) is 0 Å². The molecular weight excluding hydrogens is 336 g/mol. The Hall–Kier alpha value is -0.650. The summed E-state index contributed by atoms with van der Waals surface area (Å²) in [6.07, 6.45) is 3.86. The number of rotatable bonds is 8. The van der Waals surface area contributed by atoms with Crippen LogP contribution >= 0.6 is 11.6 Å². The molecule has 0 spiro atoms. The molecule has 0 bridgehead atoms. The van der Waals surface area contributed by atoms with Gasteiger partial charge in [-0.1, -0.05) is 30.2 Å². The van der Waals surface area contributed by atoms with Crippen LogP contribution in [0.4, 0.5) is 0 Å². The Labute approximate surface area is 156 Å². The van der Waals surface area contributed by atoms with Gasteiger partial charge in [-0.2, -0.15) is 0 Å². The van der Waals surface area contributed by atoms with E-state index in [4.69, 9.17) is 21.1 Å². The van der Waals surface area contributed by atoms with Gasteiger partial charge in [-0.25, -0.2) is 0 Å². The Morgan fingerprint density at radius 1 is 1.24 bits per heavy atom. The number of benzene rings is 1. The summed E-state index contributed by atoms with van der Waals surface area (Å²) in [5.74, 6) is 0. The number of hydrogen-bond acceptors (Lipinski definition) is 4. The van der Waals surface area contributed by atoms with Crippen molar-refractivity contribution in [2.45, 2.75) is 43.7 Å². The minimum Gasteiger partial charge on any atom is -0.380 e. The first-order valence-electron chi connectivity index (χ1n) is 9.48. The second kappa shape index (κ2) is 8.83. The van der Waals surface area contributed by atoms with Crippen LogP contribution in [0.1, 0.15) is 31.7 Å². The maximum Gasteiger partial charge on any atom is 0.0704 e. The van der Waals surface area contributed by atoms with E-state index < -0.39 is 0 Å². The minimum atomic E-state index is 0.158. The molecule has 2 fully saturated rings. The summed E-state index contributed by atoms with van der Waals surface area (Å²) >= 11 is 6.11. The maximum absolute atomic E-state index is 6.11. The first-order chi connectivity index (χ1) is 12.2. The summed E-state index contributed by atoms with van der Waals surface area (Å²) in [5.41, 5.74) is 1.54. The average molecular weight is 367 g/mol. The molecule has 5 heteroatoms. The smallest absolute Gasteiger partial charge is 0.0704 e. The molecule has 1 heterocycles. The van der Waals surface area contributed by atoms with E-state index in [1.807, 2.05) is 19.2 Å². The van der Waals surface area contributed by atoms with Crippen LogP contribution in [0.2, 0.25) is 5.02 Å². The molecule has 1 N–H and O–H groups in total. The maximum atomic E-state index is 6.11. The van der Waals surface area contributed by atoms with Crippen molar-refractivity contribution >= 4 is 11.6 Å². The molecule has 1 aliphatic carbocycles. The van der Waals surface area contributed by atoms with Gasteiger partial charge >= 0.3 is 0 Å². The Morgan fingerprint density at radius 3 is 2.48 bits per heavy atom. The lowest BCUT2D eigenvalue weighted by Crippen LogP contribution is -2.59. The number of ether oxygens (including phenoxy) is 2. The van der Waals surface area contributed by atoms with Gasteiger partial charge in [-0.3, -0.25) is 4.90 Å². The molecule has 0 amide bonds. The largest absolute Gasteiger partial charge is 0.380 e. The van der Waals surface area contributed by atoms with Gasteiger partial charge in [0.15, 0.2) is 0 Å². The first kappa shape index (κ1) is 19.1. The van der Waals surface area contributed by atoms with Crippen LogP contribution in [0.25, 0.3) is 0 Å². The SMILES string of the molecule is COC(C)C(NCCN1CCOCC1)C1(c2ccc(Cl)cc2)CCC1. The van der Waals surface area contributed by atoms with Crippen molar-refractivity contribution in [2.75, 3.05) is 46.5 Å². The third-order valence-corrected chi connectivity index (χ3v) is 6.25. The van der Waals surface area contributed by atoms with Crippen molar-refractivity contribution < 1.29 is 9.47 Å². The van der Waals surface area contributed by atoms with Crippen molar-refractivity contribution in [1.29, 1.82) is 0 Å². The lowest BCUT2D eigenvalue weighted by atomic mass is 9.59. The van der Waals surface area contributed by atoms with E-state index in [1.165, 1.54) is 24.8 Å². The van der Waals surface area contributed by atoms with Crippen LogP contribution in [0.15, 0.2) is 24.3 Å².